The van der Waals surface area contributed by atoms with Gasteiger partial charge in [0.1, 0.15) is 0 Å². The van der Waals surface area contributed by atoms with Gasteiger partial charge in [0.05, 0.1) is 6.61 Å². The second-order valence-corrected chi connectivity index (χ2v) is 6.38. The highest BCUT2D eigenvalue weighted by molar-refractivity contribution is 4.76. The molecule has 1 aliphatic rings. The van der Waals surface area contributed by atoms with Gasteiger partial charge in [-0.1, -0.05) is 33.1 Å². The molecule has 0 radical (unpaired) electrons. The second-order valence-electron chi connectivity index (χ2n) is 6.38. The largest absolute Gasteiger partial charge is 0.383 e. The van der Waals surface area contributed by atoms with Crippen LogP contribution in [0.25, 0.3) is 0 Å². The third kappa shape index (κ3) is 7.61. The molecule has 3 nitrogen and oxygen atoms in total. The number of rotatable bonds is 11. The van der Waals surface area contributed by atoms with E-state index in [1.165, 1.54) is 58.2 Å². The van der Waals surface area contributed by atoms with E-state index in [1.54, 1.807) is 7.11 Å². The van der Waals surface area contributed by atoms with Crippen LogP contribution >= 0.6 is 0 Å². The quantitative estimate of drug-likeness (QED) is 0.590. The molecule has 0 aliphatic carbocycles. The van der Waals surface area contributed by atoms with Gasteiger partial charge in [0.2, 0.25) is 0 Å². The second kappa shape index (κ2) is 11.5. The summed E-state index contributed by atoms with van der Waals surface area (Å²) in [7, 11) is 1.77. The number of ether oxygens (including phenoxy) is 1. The van der Waals surface area contributed by atoms with Crippen LogP contribution in [0.4, 0.5) is 0 Å². The molecule has 1 N–H and O–H groups in total. The zero-order chi connectivity index (χ0) is 14.6. The van der Waals surface area contributed by atoms with Crippen LogP contribution < -0.4 is 5.32 Å². The van der Waals surface area contributed by atoms with Gasteiger partial charge in [-0.2, -0.15) is 0 Å². The molecule has 1 aliphatic heterocycles. The molecule has 2 atom stereocenters. The number of unbranched alkanes of at least 4 members (excludes halogenated alkanes) is 1. The molecule has 120 valence electrons. The van der Waals surface area contributed by atoms with Crippen LogP contribution in [0.15, 0.2) is 0 Å². The molecular formula is C17H36N2O. The lowest BCUT2D eigenvalue weighted by Gasteiger charge is -2.35. The molecule has 20 heavy (non-hydrogen) atoms. The summed E-state index contributed by atoms with van der Waals surface area (Å²) in [5.41, 5.74) is 0. The summed E-state index contributed by atoms with van der Waals surface area (Å²) in [6.07, 6.45) is 8.26. The fraction of sp³-hybridized carbons (Fsp3) is 1.00. The smallest absolute Gasteiger partial charge is 0.0587 e. The predicted octanol–water partition coefficient (Wildman–Crippen LogP) is 3.15. The molecule has 1 heterocycles. The third-order valence-electron chi connectivity index (χ3n) is 4.58. The Labute approximate surface area is 126 Å². The number of likely N-dealkylation sites (tertiary alicyclic amines) is 1. The maximum atomic E-state index is 5.08. The van der Waals surface area contributed by atoms with E-state index in [9.17, 15) is 0 Å². The molecule has 2 unspecified atom stereocenters. The van der Waals surface area contributed by atoms with Crippen molar-refractivity contribution < 1.29 is 4.74 Å². The summed E-state index contributed by atoms with van der Waals surface area (Å²) in [5.74, 6) is 1.75. The van der Waals surface area contributed by atoms with Gasteiger partial charge in [0.25, 0.3) is 0 Å². The van der Waals surface area contributed by atoms with Crippen LogP contribution in [-0.2, 0) is 4.74 Å². The molecule has 3 heteroatoms. The van der Waals surface area contributed by atoms with E-state index in [4.69, 9.17) is 4.74 Å². The van der Waals surface area contributed by atoms with Crippen molar-refractivity contribution >= 4 is 0 Å². The maximum Gasteiger partial charge on any atom is 0.0587 e. The van der Waals surface area contributed by atoms with Gasteiger partial charge in [-0.25, -0.2) is 0 Å². The summed E-state index contributed by atoms with van der Waals surface area (Å²) >= 11 is 0. The first-order valence-corrected chi connectivity index (χ1v) is 8.72. The minimum absolute atomic E-state index is 0.825. The van der Waals surface area contributed by atoms with Crippen molar-refractivity contribution in [1.82, 2.24) is 10.2 Å². The minimum Gasteiger partial charge on any atom is -0.383 e. The standard InChI is InChI=1S/C17H36N2O/c1-4-6-8-16(5-2)14-19-11-7-9-17(15-19)13-18-10-12-20-3/h16-18H,4-15H2,1-3H3. The number of piperidine rings is 1. The first-order valence-electron chi connectivity index (χ1n) is 8.72. The fourth-order valence-electron chi connectivity index (χ4n) is 3.25. The third-order valence-corrected chi connectivity index (χ3v) is 4.58. The van der Waals surface area contributed by atoms with Crippen molar-refractivity contribution in [3.8, 4) is 0 Å². The fourth-order valence-corrected chi connectivity index (χ4v) is 3.25. The zero-order valence-corrected chi connectivity index (χ0v) is 14.0. The Hall–Kier alpha value is -0.120. The molecule has 0 saturated carbocycles. The average Bonchev–Trinajstić information content (AvgIpc) is 2.48. The van der Waals surface area contributed by atoms with Crippen molar-refractivity contribution in [2.24, 2.45) is 11.8 Å². The molecule has 1 fully saturated rings. The number of methoxy groups -OCH3 is 1. The normalized spacial score (nSPS) is 22.1. The summed E-state index contributed by atoms with van der Waals surface area (Å²) < 4.78 is 5.08. The van der Waals surface area contributed by atoms with E-state index in [-0.39, 0.29) is 0 Å². The van der Waals surface area contributed by atoms with Crippen molar-refractivity contribution in [3.63, 3.8) is 0 Å². The molecular weight excluding hydrogens is 248 g/mol. The van der Waals surface area contributed by atoms with Crippen LogP contribution in [-0.4, -0.2) is 51.3 Å². The molecule has 0 spiro atoms. The molecule has 0 aromatic rings. The molecule has 0 aromatic heterocycles. The number of nitrogens with zero attached hydrogens (tertiary/aromatic N) is 1. The van der Waals surface area contributed by atoms with Crippen LogP contribution in [0.2, 0.25) is 0 Å². The highest BCUT2D eigenvalue weighted by Gasteiger charge is 2.21. The van der Waals surface area contributed by atoms with E-state index in [1.807, 2.05) is 0 Å². The first-order chi connectivity index (χ1) is 9.80. The minimum atomic E-state index is 0.825. The van der Waals surface area contributed by atoms with Gasteiger partial charge in [-0.05, 0) is 44.2 Å². The number of hydrogen-bond donors (Lipinski definition) is 1. The number of nitrogens with one attached hydrogen (secondary N) is 1. The Balaban J connectivity index is 2.21. The molecule has 0 amide bonds. The average molecular weight is 284 g/mol. The van der Waals surface area contributed by atoms with E-state index in [0.29, 0.717) is 0 Å². The molecule has 0 aromatic carbocycles. The maximum absolute atomic E-state index is 5.08. The Morgan fingerprint density at radius 3 is 2.90 bits per heavy atom. The monoisotopic (exact) mass is 284 g/mol. The molecule has 1 rings (SSSR count). The van der Waals surface area contributed by atoms with E-state index >= 15 is 0 Å². The van der Waals surface area contributed by atoms with Crippen LogP contribution in [0, 0.1) is 11.8 Å². The lowest BCUT2D eigenvalue weighted by Crippen LogP contribution is -2.42. The van der Waals surface area contributed by atoms with Gasteiger partial charge in [0.15, 0.2) is 0 Å². The zero-order valence-electron chi connectivity index (χ0n) is 14.0. The SMILES string of the molecule is CCCCC(CC)CN1CCCC(CNCCOC)C1. The Bertz CT molecular complexity index is 223. The van der Waals surface area contributed by atoms with Gasteiger partial charge >= 0.3 is 0 Å². The van der Waals surface area contributed by atoms with Crippen LogP contribution in [0.3, 0.4) is 0 Å². The van der Waals surface area contributed by atoms with Crippen LogP contribution in [0.5, 0.6) is 0 Å². The van der Waals surface area contributed by atoms with Crippen molar-refractivity contribution in [2.45, 2.75) is 52.4 Å². The Morgan fingerprint density at radius 1 is 1.35 bits per heavy atom. The van der Waals surface area contributed by atoms with Crippen molar-refractivity contribution in [2.75, 3.05) is 46.4 Å². The van der Waals surface area contributed by atoms with Gasteiger partial charge in [0, 0.05) is 26.7 Å². The predicted molar refractivity (Wildman–Crippen MR) is 87.2 cm³/mol. The molecule has 0 bridgehead atoms. The Kier molecular flexibility index (Phi) is 10.3. The summed E-state index contributed by atoms with van der Waals surface area (Å²) in [5, 5.41) is 3.53. The van der Waals surface area contributed by atoms with Crippen molar-refractivity contribution in [1.29, 1.82) is 0 Å². The number of hydrogen-bond acceptors (Lipinski definition) is 3. The highest BCUT2D eigenvalue weighted by atomic mass is 16.5. The van der Waals surface area contributed by atoms with Crippen LogP contribution in [0.1, 0.15) is 52.4 Å². The highest BCUT2D eigenvalue weighted by Crippen LogP contribution is 2.20. The topological polar surface area (TPSA) is 24.5 Å². The summed E-state index contributed by atoms with van der Waals surface area (Å²) in [4.78, 5) is 2.72. The first kappa shape index (κ1) is 17.9. The lowest BCUT2D eigenvalue weighted by molar-refractivity contribution is 0.141. The van der Waals surface area contributed by atoms with Crippen molar-refractivity contribution in [3.05, 3.63) is 0 Å². The van der Waals surface area contributed by atoms with Gasteiger partial charge in [-0.15, -0.1) is 0 Å². The van der Waals surface area contributed by atoms with E-state index < -0.39 is 0 Å². The van der Waals surface area contributed by atoms with Gasteiger partial charge < -0.3 is 15.0 Å². The Morgan fingerprint density at radius 2 is 2.20 bits per heavy atom. The summed E-state index contributed by atoms with van der Waals surface area (Å²) in [6, 6.07) is 0. The van der Waals surface area contributed by atoms with E-state index in [2.05, 4.69) is 24.1 Å². The molecule has 1 saturated heterocycles. The summed E-state index contributed by atoms with van der Waals surface area (Å²) in [6.45, 7) is 11.6. The lowest BCUT2D eigenvalue weighted by atomic mass is 9.94. The van der Waals surface area contributed by atoms with Gasteiger partial charge in [-0.3, -0.25) is 0 Å². The van der Waals surface area contributed by atoms with E-state index in [0.717, 1.165) is 31.5 Å².